The summed E-state index contributed by atoms with van der Waals surface area (Å²) in [5, 5.41) is 1.42. The van der Waals surface area contributed by atoms with Crippen LogP contribution in [0.5, 0.6) is 0 Å². The highest BCUT2D eigenvalue weighted by molar-refractivity contribution is 7.21. The summed E-state index contributed by atoms with van der Waals surface area (Å²) in [5.41, 5.74) is 5.29. The van der Waals surface area contributed by atoms with E-state index in [0.29, 0.717) is 11.6 Å². The summed E-state index contributed by atoms with van der Waals surface area (Å²) >= 11 is 7.75. The van der Waals surface area contributed by atoms with Crippen LogP contribution in [0.2, 0.25) is 5.02 Å². The van der Waals surface area contributed by atoms with Crippen LogP contribution in [0.15, 0.2) is 30.7 Å². The number of methoxy groups -OCH3 is 1. The molecule has 0 atom stereocenters. The largest absolute Gasteiger partial charge is 0.378 e. The van der Waals surface area contributed by atoms with E-state index in [-0.39, 0.29) is 0 Å². The van der Waals surface area contributed by atoms with E-state index in [4.69, 9.17) is 16.3 Å². The van der Waals surface area contributed by atoms with Gasteiger partial charge in [0, 0.05) is 25.1 Å². The molecule has 1 aromatic carbocycles. The molecule has 0 bridgehead atoms. The molecule has 0 aliphatic heterocycles. The molecule has 0 unspecified atom stereocenters. The molecule has 0 amide bonds. The lowest BCUT2D eigenvalue weighted by atomic mass is 10.1. The van der Waals surface area contributed by atoms with E-state index in [1.165, 1.54) is 0 Å². The maximum Gasteiger partial charge on any atom is 0.126 e. The number of rotatable bonds is 3. The minimum absolute atomic E-state index is 0.439. The van der Waals surface area contributed by atoms with Gasteiger partial charge in [-0.15, -0.1) is 11.3 Å². The summed E-state index contributed by atoms with van der Waals surface area (Å²) in [6.07, 6.45) is 5.13. The van der Waals surface area contributed by atoms with Gasteiger partial charge >= 0.3 is 0 Å². The van der Waals surface area contributed by atoms with Crippen LogP contribution in [0.25, 0.3) is 31.8 Å². The SMILES string of the molecule is COCc1cnc2c(-c3nc4c(Cl)cncc4s3)cc(C)cc2n1. The van der Waals surface area contributed by atoms with E-state index < -0.39 is 0 Å². The van der Waals surface area contributed by atoms with Gasteiger partial charge in [0.05, 0.1) is 39.3 Å². The van der Waals surface area contributed by atoms with Crippen molar-refractivity contribution in [2.45, 2.75) is 13.5 Å². The second-order valence-electron chi connectivity index (χ2n) is 5.46. The zero-order valence-corrected chi connectivity index (χ0v) is 14.6. The van der Waals surface area contributed by atoms with Crippen LogP contribution in [-0.2, 0) is 11.3 Å². The molecule has 0 spiro atoms. The second kappa shape index (κ2) is 6.05. The molecule has 0 aliphatic rings. The molecule has 120 valence electrons. The summed E-state index contributed by atoms with van der Waals surface area (Å²) in [6.45, 7) is 2.48. The minimum Gasteiger partial charge on any atom is -0.378 e. The van der Waals surface area contributed by atoms with Crippen molar-refractivity contribution in [2.24, 2.45) is 0 Å². The van der Waals surface area contributed by atoms with Crippen molar-refractivity contribution in [1.29, 1.82) is 0 Å². The summed E-state index contributed by atoms with van der Waals surface area (Å²) in [5.74, 6) is 0. The van der Waals surface area contributed by atoms with Crippen molar-refractivity contribution in [2.75, 3.05) is 7.11 Å². The highest BCUT2D eigenvalue weighted by Crippen LogP contribution is 2.36. The number of fused-ring (bicyclic) bond motifs is 2. The zero-order valence-electron chi connectivity index (χ0n) is 13.1. The van der Waals surface area contributed by atoms with Crippen molar-refractivity contribution >= 4 is 44.2 Å². The summed E-state index contributed by atoms with van der Waals surface area (Å²) in [7, 11) is 1.65. The Morgan fingerprint density at radius 3 is 2.79 bits per heavy atom. The maximum atomic E-state index is 6.20. The molecular formula is C17H13ClN4OS. The average Bonchev–Trinajstić information content (AvgIpc) is 2.99. The lowest BCUT2D eigenvalue weighted by Gasteiger charge is -2.06. The van der Waals surface area contributed by atoms with Crippen molar-refractivity contribution < 1.29 is 4.74 Å². The zero-order chi connectivity index (χ0) is 16.7. The Labute approximate surface area is 147 Å². The normalized spacial score (nSPS) is 11.5. The number of ether oxygens (including phenoxy) is 1. The van der Waals surface area contributed by atoms with Crippen LogP contribution in [0.1, 0.15) is 11.3 Å². The molecule has 5 nitrogen and oxygen atoms in total. The average molecular weight is 357 g/mol. The molecule has 4 aromatic rings. The molecule has 0 radical (unpaired) electrons. The quantitative estimate of drug-likeness (QED) is 0.544. The van der Waals surface area contributed by atoms with Crippen LogP contribution < -0.4 is 0 Å². The van der Waals surface area contributed by atoms with E-state index in [1.807, 2.05) is 13.0 Å². The van der Waals surface area contributed by atoms with Crippen molar-refractivity contribution in [3.8, 4) is 10.6 Å². The molecule has 0 N–H and O–H groups in total. The summed E-state index contributed by atoms with van der Waals surface area (Å²) < 4.78 is 6.10. The number of aryl methyl sites for hydroxylation is 1. The first-order valence-electron chi connectivity index (χ1n) is 7.31. The number of halogens is 1. The predicted molar refractivity (Wildman–Crippen MR) is 96.4 cm³/mol. The van der Waals surface area contributed by atoms with Crippen LogP contribution >= 0.6 is 22.9 Å². The van der Waals surface area contributed by atoms with E-state index in [2.05, 4.69) is 26.0 Å². The molecule has 3 heterocycles. The van der Waals surface area contributed by atoms with Gasteiger partial charge in [-0.05, 0) is 24.6 Å². The van der Waals surface area contributed by atoms with Crippen molar-refractivity contribution in [3.63, 3.8) is 0 Å². The third kappa shape index (κ3) is 2.62. The Balaban J connectivity index is 1.95. The van der Waals surface area contributed by atoms with E-state index in [1.54, 1.807) is 37.0 Å². The van der Waals surface area contributed by atoms with Gasteiger partial charge in [-0.2, -0.15) is 0 Å². The molecule has 3 aromatic heterocycles. The van der Waals surface area contributed by atoms with Gasteiger partial charge in [-0.1, -0.05) is 11.6 Å². The Morgan fingerprint density at radius 2 is 2.00 bits per heavy atom. The highest BCUT2D eigenvalue weighted by Gasteiger charge is 2.14. The third-order valence-corrected chi connectivity index (χ3v) is 4.92. The number of hydrogen-bond acceptors (Lipinski definition) is 6. The fourth-order valence-corrected chi connectivity index (χ4v) is 3.85. The summed E-state index contributed by atoms with van der Waals surface area (Å²) in [6, 6.07) is 4.10. The fourth-order valence-electron chi connectivity index (χ4n) is 2.62. The Morgan fingerprint density at radius 1 is 1.12 bits per heavy atom. The molecular weight excluding hydrogens is 344 g/mol. The molecule has 0 fully saturated rings. The predicted octanol–water partition coefficient (Wildman–Crippen LogP) is 4.41. The lowest BCUT2D eigenvalue weighted by Crippen LogP contribution is -1.96. The molecule has 24 heavy (non-hydrogen) atoms. The number of aromatic nitrogens is 4. The molecule has 0 saturated heterocycles. The monoisotopic (exact) mass is 356 g/mol. The van der Waals surface area contributed by atoms with E-state index in [9.17, 15) is 0 Å². The second-order valence-corrected chi connectivity index (χ2v) is 6.90. The number of hydrogen-bond donors (Lipinski definition) is 0. The van der Waals surface area contributed by atoms with Gasteiger partial charge in [0.1, 0.15) is 10.5 Å². The molecule has 0 saturated carbocycles. The molecule has 0 aliphatic carbocycles. The first-order valence-corrected chi connectivity index (χ1v) is 8.51. The van der Waals surface area contributed by atoms with Gasteiger partial charge in [-0.3, -0.25) is 9.97 Å². The Kier molecular flexibility index (Phi) is 3.88. The standard InChI is InChI=1S/C17H13ClN4OS/c1-9-3-11(15-13(4-9)21-10(5-20-15)8-23-2)17-22-16-12(18)6-19-7-14(16)24-17/h3-7H,8H2,1-2H3. The van der Waals surface area contributed by atoms with E-state index in [0.717, 1.165) is 43.1 Å². The van der Waals surface area contributed by atoms with Crippen LogP contribution in [0.3, 0.4) is 0 Å². The Bertz CT molecular complexity index is 1060. The maximum absolute atomic E-state index is 6.20. The van der Waals surface area contributed by atoms with Crippen molar-refractivity contribution in [1.82, 2.24) is 19.9 Å². The van der Waals surface area contributed by atoms with Gasteiger partial charge < -0.3 is 4.74 Å². The number of pyridine rings is 1. The fraction of sp³-hybridized carbons (Fsp3) is 0.176. The first kappa shape index (κ1) is 15.4. The first-order chi connectivity index (χ1) is 11.7. The van der Waals surface area contributed by atoms with E-state index >= 15 is 0 Å². The van der Waals surface area contributed by atoms with Gasteiger partial charge in [0.2, 0.25) is 0 Å². The third-order valence-electron chi connectivity index (χ3n) is 3.62. The molecule has 4 rings (SSSR count). The topological polar surface area (TPSA) is 60.8 Å². The lowest BCUT2D eigenvalue weighted by molar-refractivity contribution is 0.181. The van der Waals surface area contributed by atoms with Crippen LogP contribution in [0.4, 0.5) is 0 Å². The number of benzene rings is 1. The van der Waals surface area contributed by atoms with Crippen LogP contribution in [-0.4, -0.2) is 27.0 Å². The van der Waals surface area contributed by atoms with Gasteiger partial charge in [0.25, 0.3) is 0 Å². The van der Waals surface area contributed by atoms with Crippen molar-refractivity contribution in [3.05, 3.63) is 47.0 Å². The summed E-state index contributed by atoms with van der Waals surface area (Å²) in [4.78, 5) is 18.0. The minimum atomic E-state index is 0.439. The Hall–Kier alpha value is -2.15. The number of nitrogens with zero attached hydrogens (tertiary/aromatic N) is 4. The van der Waals surface area contributed by atoms with Crippen LogP contribution in [0, 0.1) is 6.92 Å². The highest BCUT2D eigenvalue weighted by atomic mass is 35.5. The van der Waals surface area contributed by atoms with Gasteiger partial charge in [0.15, 0.2) is 0 Å². The number of thiazole rings is 1. The van der Waals surface area contributed by atoms with Gasteiger partial charge in [-0.25, -0.2) is 9.97 Å². The molecule has 7 heteroatoms. The smallest absolute Gasteiger partial charge is 0.126 e.